The van der Waals surface area contributed by atoms with Gasteiger partial charge in [0.15, 0.2) is 6.17 Å². The van der Waals surface area contributed by atoms with Crippen molar-refractivity contribution in [3.05, 3.63) is 0 Å². The van der Waals surface area contributed by atoms with Gasteiger partial charge in [-0.2, -0.15) is 0 Å². The number of carboxylic acid groups (broad SMARTS) is 1. The molecule has 6 atom stereocenters. The third kappa shape index (κ3) is 2.78. The van der Waals surface area contributed by atoms with Crippen molar-refractivity contribution in [2.75, 3.05) is 6.61 Å². The molecule has 1 fully saturated rings. The average Bonchev–Trinajstić information content (AvgIpc) is 2.31. The molecule has 0 radical (unpaired) electrons. The minimum Gasteiger partial charge on any atom is -0.477 e. The van der Waals surface area contributed by atoms with Crippen molar-refractivity contribution in [2.45, 2.75) is 43.6 Å². The summed E-state index contributed by atoms with van der Waals surface area (Å²) in [5.74, 6) is -5.28. The van der Waals surface area contributed by atoms with E-state index in [-0.39, 0.29) is 0 Å². The van der Waals surface area contributed by atoms with Crippen molar-refractivity contribution in [3.8, 4) is 0 Å². The number of hydrogen-bond acceptors (Lipinski definition) is 6. The third-order valence-corrected chi connectivity index (χ3v) is 3.14. The zero-order chi connectivity index (χ0) is 14.1. The smallest absolute Gasteiger partial charge is 0.364 e. The van der Waals surface area contributed by atoms with Crippen molar-refractivity contribution in [1.82, 2.24) is 0 Å². The molecule has 0 amide bonds. The number of hydrogen-bond donors (Lipinski definition) is 5. The van der Waals surface area contributed by atoms with Gasteiger partial charge in [-0.1, -0.05) is 6.92 Å². The summed E-state index contributed by atoms with van der Waals surface area (Å²) in [6, 6.07) is 0. The van der Waals surface area contributed by atoms with Crippen LogP contribution in [0.5, 0.6) is 0 Å². The van der Waals surface area contributed by atoms with Gasteiger partial charge in [0.25, 0.3) is 5.79 Å². The molecule has 0 spiro atoms. The Morgan fingerprint density at radius 2 is 2.17 bits per heavy atom. The lowest BCUT2D eigenvalue weighted by Gasteiger charge is -2.42. The maximum absolute atomic E-state index is 13.8. The molecule has 1 rings (SSSR count). The zero-order valence-corrected chi connectivity index (χ0v) is 9.73. The molecule has 0 saturated carbocycles. The Labute approximate surface area is 102 Å². The van der Waals surface area contributed by atoms with Gasteiger partial charge in [-0.05, 0) is 0 Å². The van der Waals surface area contributed by atoms with Crippen LogP contribution in [0, 0.1) is 5.92 Å². The highest BCUT2D eigenvalue weighted by Gasteiger charge is 2.52. The second kappa shape index (κ2) is 5.45. The third-order valence-electron chi connectivity index (χ3n) is 3.14. The van der Waals surface area contributed by atoms with Gasteiger partial charge in [0, 0.05) is 12.3 Å². The van der Waals surface area contributed by atoms with Crippen molar-refractivity contribution < 1.29 is 39.5 Å². The molecule has 1 aliphatic heterocycles. The summed E-state index contributed by atoms with van der Waals surface area (Å²) in [5.41, 5.74) is 0. The Balaban J connectivity index is 2.92. The van der Waals surface area contributed by atoms with Crippen LogP contribution in [0.4, 0.5) is 4.39 Å². The van der Waals surface area contributed by atoms with Crippen molar-refractivity contribution in [1.29, 1.82) is 0 Å². The molecule has 1 aliphatic rings. The lowest BCUT2D eigenvalue weighted by molar-refractivity contribution is -0.296. The highest BCUT2D eigenvalue weighted by Crippen LogP contribution is 2.34. The van der Waals surface area contributed by atoms with Crippen LogP contribution < -0.4 is 0 Å². The lowest BCUT2D eigenvalue weighted by atomic mass is 9.85. The van der Waals surface area contributed by atoms with E-state index in [0.29, 0.717) is 0 Å². The minimum atomic E-state index is -2.70. The number of carbonyl (C=O) groups is 1. The van der Waals surface area contributed by atoms with E-state index in [4.69, 9.17) is 14.9 Å². The van der Waals surface area contributed by atoms with Crippen LogP contribution in [-0.4, -0.2) is 68.4 Å². The Morgan fingerprint density at radius 1 is 1.61 bits per heavy atom. The summed E-state index contributed by atoms with van der Waals surface area (Å²) >= 11 is 0. The molecule has 5 N–H and O–H groups in total. The first kappa shape index (κ1) is 15.3. The molecule has 0 aromatic rings. The highest BCUT2D eigenvalue weighted by atomic mass is 19.1. The van der Waals surface area contributed by atoms with Gasteiger partial charge < -0.3 is 30.3 Å². The predicted molar refractivity (Wildman–Crippen MR) is 55.2 cm³/mol. The van der Waals surface area contributed by atoms with Crippen LogP contribution in [0.15, 0.2) is 0 Å². The van der Waals surface area contributed by atoms with Crippen LogP contribution in [0.25, 0.3) is 0 Å². The van der Waals surface area contributed by atoms with Gasteiger partial charge in [-0.25, -0.2) is 9.18 Å². The van der Waals surface area contributed by atoms with Crippen LogP contribution in [-0.2, 0) is 9.53 Å². The summed E-state index contributed by atoms with van der Waals surface area (Å²) in [4.78, 5) is 10.8. The summed E-state index contributed by atoms with van der Waals surface area (Å²) < 4.78 is 18.5. The standard InChI is InChI=1S/C10H17FO7/c1-4-5(13)2-10(17,9(15)16)18-8(4)7(11)6(14)3-12/h4-8,12-14,17H,2-3H2,1H3,(H,15,16)/t4-,5+,6-,7-,8?,10?/m1/s1. The summed E-state index contributed by atoms with van der Waals surface area (Å²) in [6.07, 6.45) is -7.32. The monoisotopic (exact) mass is 268 g/mol. The second-order valence-corrected chi connectivity index (χ2v) is 4.50. The summed E-state index contributed by atoms with van der Waals surface area (Å²) in [6.45, 7) is 0.517. The van der Waals surface area contributed by atoms with Gasteiger partial charge in [-0.15, -0.1) is 0 Å². The molecule has 2 unspecified atom stereocenters. The number of ether oxygens (including phenoxy) is 1. The molecule has 0 bridgehead atoms. The summed E-state index contributed by atoms with van der Waals surface area (Å²) in [5, 5.41) is 45.8. The molecule has 1 saturated heterocycles. The second-order valence-electron chi connectivity index (χ2n) is 4.50. The fourth-order valence-corrected chi connectivity index (χ4v) is 1.88. The Bertz CT molecular complexity index is 313. The topological polar surface area (TPSA) is 127 Å². The molecule has 7 nitrogen and oxygen atoms in total. The van der Waals surface area contributed by atoms with Crippen LogP contribution in [0.2, 0.25) is 0 Å². The number of alkyl halides is 1. The molecule has 8 heteroatoms. The molecule has 0 aromatic heterocycles. The maximum Gasteiger partial charge on any atom is 0.364 e. The molecule has 1 heterocycles. The molecular formula is C10H17FO7. The number of aliphatic hydroxyl groups is 4. The van der Waals surface area contributed by atoms with E-state index in [9.17, 15) is 24.5 Å². The van der Waals surface area contributed by atoms with E-state index in [2.05, 4.69) is 0 Å². The first-order chi connectivity index (χ1) is 8.23. The van der Waals surface area contributed by atoms with Crippen molar-refractivity contribution in [2.24, 2.45) is 5.92 Å². The minimum absolute atomic E-state index is 0.595. The van der Waals surface area contributed by atoms with E-state index in [1.807, 2.05) is 0 Å². The first-order valence-corrected chi connectivity index (χ1v) is 5.47. The fraction of sp³-hybridized carbons (Fsp3) is 0.900. The largest absolute Gasteiger partial charge is 0.477 e. The van der Waals surface area contributed by atoms with E-state index in [1.165, 1.54) is 6.92 Å². The van der Waals surface area contributed by atoms with Crippen LogP contribution >= 0.6 is 0 Å². The van der Waals surface area contributed by atoms with Crippen LogP contribution in [0.3, 0.4) is 0 Å². The zero-order valence-electron chi connectivity index (χ0n) is 9.73. The van der Waals surface area contributed by atoms with E-state index in [0.717, 1.165) is 0 Å². The number of carboxylic acids is 1. The molecule has 0 aromatic carbocycles. The Morgan fingerprint density at radius 3 is 2.61 bits per heavy atom. The lowest BCUT2D eigenvalue weighted by Crippen LogP contribution is -2.59. The fourth-order valence-electron chi connectivity index (χ4n) is 1.88. The van der Waals surface area contributed by atoms with Crippen LogP contribution in [0.1, 0.15) is 13.3 Å². The van der Waals surface area contributed by atoms with E-state index in [1.54, 1.807) is 0 Å². The molecule has 0 aliphatic carbocycles. The highest BCUT2D eigenvalue weighted by molar-refractivity contribution is 5.75. The predicted octanol–water partition coefficient (Wildman–Crippen LogP) is -1.76. The van der Waals surface area contributed by atoms with E-state index >= 15 is 0 Å². The quantitative estimate of drug-likeness (QED) is 0.408. The number of aliphatic carboxylic acids is 1. The number of halogens is 1. The number of rotatable bonds is 4. The van der Waals surface area contributed by atoms with Gasteiger partial charge in [0.1, 0.15) is 12.2 Å². The normalized spacial score (nSPS) is 40.2. The van der Waals surface area contributed by atoms with Gasteiger partial charge >= 0.3 is 5.97 Å². The van der Waals surface area contributed by atoms with Gasteiger partial charge in [0.05, 0.1) is 12.7 Å². The maximum atomic E-state index is 13.8. The van der Waals surface area contributed by atoms with Gasteiger partial charge in [-0.3, -0.25) is 0 Å². The molecule has 18 heavy (non-hydrogen) atoms. The first-order valence-electron chi connectivity index (χ1n) is 5.47. The molecular weight excluding hydrogens is 251 g/mol. The average molecular weight is 268 g/mol. The molecule has 106 valence electrons. The van der Waals surface area contributed by atoms with E-state index < -0.39 is 55.2 Å². The summed E-state index contributed by atoms with van der Waals surface area (Å²) in [7, 11) is 0. The SMILES string of the molecule is C[C@H]1C([C@H](F)[C@H](O)CO)OC(O)(C(=O)O)C[C@@H]1O. The Kier molecular flexibility index (Phi) is 4.62. The Hall–Kier alpha value is -0.800. The van der Waals surface area contributed by atoms with Crippen molar-refractivity contribution in [3.63, 3.8) is 0 Å². The van der Waals surface area contributed by atoms with Crippen molar-refractivity contribution >= 4 is 5.97 Å². The van der Waals surface area contributed by atoms with Gasteiger partial charge in [0.2, 0.25) is 0 Å². The number of aliphatic hydroxyl groups excluding tert-OH is 3.